The Bertz CT molecular complexity index is 541. The van der Waals surface area contributed by atoms with Gasteiger partial charge in [0.15, 0.2) is 0 Å². The molecule has 0 fully saturated rings. The Balaban J connectivity index is 2.20. The minimum Gasteiger partial charge on any atom is -0.358 e. The van der Waals surface area contributed by atoms with E-state index in [1.165, 1.54) is 6.20 Å². The fourth-order valence-corrected chi connectivity index (χ4v) is 1.75. The summed E-state index contributed by atoms with van der Waals surface area (Å²) in [6, 6.07) is 0. The minimum absolute atomic E-state index is 0.124. The summed E-state index contributed by atoms with van der Waals surface area (Å²) < 4.78 is 3.70. The zero-order chi connectivity index (χ0) is 10.4. The molecule has 7 heteroatoms. The molecule has 0 unspecified atom stereocenters. The van der Waals surface area contributed by atoms with E-state index in [9.17, 15) is 10.1 Å². The SMILES string of the molecule is O=[N+]([O-])c1cn2c(n1)-c1nccn1CC2. The summed E-state index contributed by atoms with van der Waals surface area (Å²) in [4.78, 5) is 18.2. The zero-order valence-electron chi connectivity index (χ0n) is 7.70. The monoisotopic (exact) mass is 205 g/mol. The number of aryl methyl sites for hydroxylation is 2. The third-order valence-electron chi connectivity index (χ3n) is 2.45. The summed E-state index contributed by atoms with van der Waals surface area (Å²) in [5.74, 6) is 1.13. The predicted molar refractivity (Wildman–Crippen MR) is 50.1 cm³/mol. The van der Waals surface area contributed by atoms with Gasteiger partial charge in [-0.2, -0.15) is 0 Å². The van der Waals surface area contributed by atoms with Crippen LogP contribution >= 0.6 is 0 Å². The van der Waals surface area contributed by atoms with Crippen LogP contribution < -0.4 is 0 Å². The highest BCUT2D eigenvalue weighted by Gasteiger charge is 2.26. The molecular formula is C8H7N5O2. The molecule has 0 radical (unpaired) electrons. The van der Waals surface area contributed by atoms with Gasteiger partial charge in [-0.05, 0) is 9.91 Å². The van der Waals surface area contributed by atoms with Crippen molar-refractivity contribution in [2.45, 2.75) is 13.1 Å². The first-order valence-electron chi connectivity index (χ1n) is 4.49. The molecule has 0 aliphatic carbocycles. The Morgan fingerprint density at radius 1 is 1.33 bits per heavy atom. The molecule has 0 atom stereocenters. The van der Waals surface area contributed by atoms with Crippen molar-refractivity contribution in [3.8, 4) is 11.6 Å². The van der Waals surface area contributed by atoms with Crippen molar-refractivity contribution in [3.05, 3.63) is 28.7 Å². The summed E-state index contributed by atoms with van der Waals surface area (Å²) in [5, 5.41) is 10.6. The number of fused-ring (bicyclic) bond motifs is 3. The van der Waals surface area contributed by atoms with Gasteiger partial charge in [-0.1, -0.05) is 0 Å². The van der Waals surface area contributed by atoms with E-state index < -0.39 is 4.92 Å². The fourth-order valence-electron chi connectivity index (χ4n) is 1.75. The van der Waals surface area contributed by atoms with Gasteiger partial charge in [-0.15, -0.1) is 0 Å². The van der Waals surface area contributed by atoms with Crippen molar-refractivity contribution in [1.82, 2.24) is 19.1 Å². The molecule has 1 aliphatic rings. The molecule has 7 nitrogen and oxygen atoms in total. The largest absolute Gasteiger partial charge is 0.382 e. The second-order valence-electron chi connectivity index (χ2n) is 3.32. The van der Waals surface area contributed by atoms with Crippen LogP contribution in [0.5, 0.6) is 0 Å². The van der Waals surface area contributed by atoms with Crippen LogP contribution in [0.2, 0.25) is 0 Å². The first-order chi connectivity index (χ1) is 7.25. The second-order valence-corrected chi connectivity index (χ2v) is 3.32. The molecule has 0 amide bonds. The molecule has 15 heavy (non-hydrogen) atoms. The van der Waals surface area contributed by atoms with Crippen molar-refractivity contribution in [2.24, 2.45) is 0 Å². The highest BCUT2D eigenvalue weighted by Crippen LogP contribution is 2.24. The minimum atomic E-state index is -0.487. The summed E-state index contributed by atoms with van der Waals surface area (Å²) in [6.07, 6.45) is 4.97. The summed E-state index contributed by atoms with van der Waals surface area (Å²) in [7, 11) is 0. The molecule has 3 rings (SSSR count). The number of aromatic nitrogens is 4. The summed E-state index contributed by atoms with van der Waals surface area (Å²) in [5.41, 5.74) is 0. The van der Waals surface area contributed by atoms with Gasteiger partial charge in [0.2, 0.25) is 5.82 Å². The van der Waals surface area contributed by atoms with E-state index in [2.05, 4.69) is 9.97 Å². The van der Waals surface area contributed by atoms with Crippen LogP contribution in [0.4, 0.5) is 5.82 Å². The Labute approximate surface area is 84.1 Å². The maximum atomic E-state index is 10.6. The predicted octanol–water partition coefficient (Wildman–Crippen LogP) is 0.668. The number of hydrogen-bond acceptors (Lipinski definition) is 4. The van der Waals surface area contributed by atoms with E-state index in [-0.39, 0.29) is 5.82 Å². The van der Waals surface area contributed by atoms with Crippen LogP contribution in [0.25, 0.3) is 11.6 Å². The van der Waals surface area contributed by atoms with E-state index in [0.717, 1.165) is 6.54 Å². The van der Waals surface area contributed by atoms with Crippen LogP contribution in [0.15, 0.2) is 18.6 Å². The number of imidazole rings is 2. The van der Waals surface area contributed by atoms with Crippen LogP contribution in [-0.4, -0.2) is 24.0 Å². The molecule has 1 aliphatic heterocycles. The Kier molecular flexibility index (Phi) is 1.44. The van der Waals surface area contributed by atoms with E-state index in [1.54, 1.807) is 10.8 Å². The van der Waals surface area contributed by atoms with Gasteiger partial charge < -0.3 is 14.7 Å². The van der Waals surface area contributed by atoms with Gasteiger partial charge in [0, 0.05) is 25.5 Å². The molecule has 76 valence electrons. The molecule has 0 N–H and O–H groups in total. The normalized spacial score (nSPS) is 13.3. The van der Waals surface area contributed by atoms with E-state index in [1.807, 2.05) is 10.8 Å². The highest BCUT2D eigenvalue weighted by molar-refractivity contribution is 5.49. The maximum Gasteiger partial charge on any atom is 0.382 e. The average Bonchev–Trinajstić information content (AvgIpc) is 2.82. The van der Waals surface area contributed by atoms with Gasteiger partial charge in [-0.25, -0.2) is 4.98 Å². The average molecular weight is 205 g/mol. The number of nitro groups is 1. The molecule has 0 aromatic carbocycles. The first kappa shape index (κ1) is 8.16. The maximum absolute atomic E-state index is 10.6. The summed E-state index contributed by atoms with van der Waals surface area (Å²) in [6.45, 7) is 1.47. The molecule has 2 aromatic rings. The van der Waals surface area contributed by atoms with Crippen LogP contribution in [0.1, 0.15) is 0 Å². The van der Waals surface area contributed by atoms with Crippen LogP contribution in [0, 0.1) is 10.1 Å². The van der Waals surface area contributed by atoms with E-state index in [0.29, 0.717) is 18.2 Å². The first-order valence-corrected chi connectivity index (χ1v) is 4.49. The van der Waals surface area contributed by atoms with Gasteiger partial charge in [0.1, 0.15) is 6.20 Å². The van der Waals surface area contributed by atoms with Crippen molar-refractivity contribution >= 4 is 5.82 Å². The third kappa shape index (κ3) is 1.06. The van der Waals surface area contributed by atoms with E-state index in [4.69, 9.17) is 0 Å². The molecule has 3 heterocycles. The lowest BCUT2D eigenvalue weighted by molar-refractivity contribution is -0.389. The zero-order valence-corrected chi connectivity index (χ0v) is 7.70. The molecule has 0 saturated heterocycles. The molecule has 0 saturated carbocycles. The standard InChI is InChI=1S/C8H7N5O2/c14-13(15)6-5-12-4-3-11-2-1-9-7(11)8(12)10-6/h1-2,5H,3-4H2. The smallest absolute Gasteiger partial charge is 0.358 e. The number of rotatable bonds is 1. The van der Waals surface area contributed by atoms with Crippen molar-refractivity contribution in [2.75, 3.05) is 0 Å². The quantitative estimate of drug-likeness (QED) is 0.506. The Hall–Kier alpha value is -2.18. The van der Waals surface area contributed by atoms with Gasteiger partial charge >= 0.3 is 5.82 Å². The topological polar surface area (TPSA) is 78.8 Å². The lowest BCUT2D eigenvalue weighted by atomic mass is 10.4. The molecule has 0 bridgehead atoms. The van der Waals surface area contributed by atoms with Gasteiger partial charge in [0.25, 0.3) is 5.82 Å². The molecule has 2 aromatic heterocycles. The fraction of sp³-hybridized carbons (Fsp3) is 0.250. The van der Waals surface area contributed by atoms with Crippen molar-refractivity contribution < 1.29 is 4.92 Å². The highest BCUT2D eigenvalue weighted by atomic mass is 16.6. The third-order valence-corrected chi connectivity index (χ3v) is 2.45. The van der Waals surface area contributed by atoms with Crippen molar-refractivity contribution in [1.29, 1.82) is 0 Å². The van der Waals surface area contributed by atoms with Crippen molar-refractivity contribution in [3.63, 3.8) is 0 Å². The number of nitrogens with zero attached hydrogens (tertiary/aromatic N) is 5. The Morgan fingerprint density at radius 2 is 2.13 bits per heavy atom. The summed E-state index contributed by atoms with van der Waals surface area (Å²) >= 11 is 0. The number of hydrogen-bond donors (Lipinski definition) is 0. The van der Waals surface area contributed by atoms with Crippen LogP contribution in [-0.2, 0) is 13.1 Å². The second kappa shape index (κ2) is 2.66. The van der Waals surface area contributed by atoms with Gasteiger partial charge in [0.05, 0.1) is 0 Å². The lowest BCUT2D eigenvalue weighted by Crippen LogP contribution is -2.15. The van der Waals surface area contributed by atoms with Crippen LogP contribution in [0.3, 0.4) is 0 Å². The molecular weight excluding hydrogens is 198 g/mol. The van der Waals surface area contributed by atoms with Gasteiger partial charge in [-0.3, -0.25) is 4.57 Å². The lowest BCUT2D eigenvalue weighted by Gasteiger charge is -2.12. The Morgan fingerprint density at radius 3 is 2.93 bits per heavy atom. The molecule has 0 spiro atoms. The van der Waals surface area contributed by atoms with E-state index >= 15 is 0 Å².